The second-order valence-corrected chi connectivity index (χ2v) is 6.89. The van der Waals surface area contributed by atoms with E-state index in [0.29, 0.717) is 5.75 Å². The van der Waals surface area contributed by atoms with Gasteiger partial charge in [0.05, 0.1) is 11.2 Å². The van der Waals surface area contributed by atoms with Crippen molar-refractivity contribution >= 4 is 7.69 Å². The zero-order valence-corrected chi connectivity index (χ0v) is 16.1. The van der Waals surface area contributed by atoms with Gasteiger partial charge >= 0.3 is 13.9 Å². The summed E-state index contributed by atoms with van der Waals surface area (Å²) in [5, 5.41) is 24.5. The summed E-state index contributed by atoms with van der Waals surface area (Å²) in [5.41, 5.74) is -2.88. The minimum absolute atomic E-state index is 0.0481. The third kappa shape index (κ3) is 6.74. The van der Waals surface area contributed by atoms with Gasteiger partial charge in [0.25, 0.3) is 0 Å². The number of ether oxygens (including phenoxy) is 2. The number of benzene rings is 2. The van der Waals surface area contributed by atoms with Gasteiger partial charge in [0.1, 0.15) is 11.4 Å². The van der Waals surface area contributed by atoms with Crippen LogP contribution in [0.1, 0.15) is 33.3 Å². The van der Waals surface area contributed by atoms with Gasteiger partial charge in [-0.05, 0) is 58.0 Å². The first-order valence-electron chi connectivity index (χ1n) is 8.39. The van der Waals surface area contributed by atoms with Crippen LogP contribution in [-0.2, 0) is 6.18 Å². The summed E-state index contributed by atoms with van der Waals surface area (Å²) in [5.74, 6) is 0.637. The Morgan fingerprint density at radius 2 is 1.39 bits per heavy atom. The maximum atomic E-state index is 12.8. The van der Waals surface area contributed by atoms with Crippen molar-refractivity contribution in [2.75, 3.05) is 0 Å². The first-order chi connectivity index (χ1) is 12.8. The minimum atomic E-state index is -4.45. The smallest absolute Gasteiger partial charge is 0.432 e. The Kier molecular flexibility index (Phi) is 7.92. The fourth-order valence-electron chi connectivity index (χ4n) is 1.88. The van der Waals surface area contributed by atoms with Gasteiger partial charge in [0.15, 0.2) is 11.5 Å². The predicted octanol–water partition coefficient (Wildman–Crippen LogP) is 3.66. The van der Waals surface area contributed by atoms with Crippen molar-refractivity contribution in [3.05, 3.63) is 54.1 Å². The molecule has 0 saturated heterocycles. The third-order valence-electron chi connectivity index (χ3n) is 4.08. The van der Waals surface area contributed by atoms with Crippen molar-refractivity contribution in [3.63, 3.8) is 0 Å². The Morgan fingerprint density at radius 1 is 0.857 bits per heavy atom. The molecule has 2 rings (SSSR count). The van der Waals surface area contributed by atoms with E-state index in [1.54, 1.807) is 52.0 Å². The van der Waals surface area contributed by atoms with E-state index in [0.717, 1.165) is 12.1 Å². The van der Waals surface area contributed by atoms with Crippen LogP contribution in [0.3, 0.4) is 0 Å². The van der Waals surface area contributed by atoms with Crippen molar-refractivity contribution in [2.24, 2.45) is 0 Å². The zero-order chi connectivity index (χ0) is 21.6. The largest absolute Gasteiger partial charge is 0.481 e. The number of para-hydroxylation sites is 2. The molecule has 0 heterocycles. The van der Waals surface area contributed by atoms with Gasteiger partial charge in [0, 0.05) is 0 Å². The van der Waals surface area contributed by atoms with E-state index in [1.165, 1.54) is 12.1 Å². The highest BCUT2D eigenvalue weighted by atomic mass is 19.4. The monoisotopic (exact) mass is 400 g/mol. The van der Waals surface area contributed by atoms with E-state index < -0.39 is 30.6 Å². The summed E-state index contributed by atoms with van der Waals surface area (Å²) in [6.45, 7) is 6.66. The Labute approximate surface area is 162 Å². The molecule has 0 spiro atoms. The van der Waals surface area contributed by atoms with Crippen molar-refractivity contribution in [3.8, 4) is 17.2 Å². The van der Waals surface area contributed by atoms with Crippen LogP contribution >= 0.6 is 0 Å². The van der Waals surface area contributed by atoms with Crippen LogP contribution in [0, 0.1) is 0 Å². The second kappa shape index (κ2) is 9.31. The van der Waals surface area contributed by atoms with E-state index in [4.69, 9.17) is 19.5 Å². The fraction of sp³-hybridized carbons (Fsp3) is 0.368. The van der Waals surface area contributed by atoms with E-state index in [1.807, 2.05) is 0 Å². The number of halogens is 3. The number of aliphatic hydroxyl groups is 1. The third-order valence-corrected chi connectivity index (χ3v) is 4.08. The molecule has 0 amide bonds. The van der Waals surface area contributed by atoms with E-state index in [9.17, 15) is 18.3 Å². The van der Waals surface area contributed by atoms with Crippen LogP contribution in [-0.4, -0.2) is 34.0 Å². The SMILES string of the molecule is CC(C)(O)C(C)(C)Oc1ccccc1Oc1cccc(C(F)(F)F)c1.OBO. The Bertz CT molecular complexity index is 758. The lowest BCUT2D eigenvalue weighted by Crippen LogP contribution is -2.49. The van der Waals surface area contributed by atoms with Crippen LogP contribution in [0.5, 0.6) is 17.2 Å². The van der Waals surface area contributed by atoms with Gasteiger partial charge in [-0.25, -0.2) is 0 Å². The molecule has 0 radical (unpaired) electrons. The average Bonchev–Trinajstić information content (AvgIpc) is 2.56. The maximum absolute atomic E-state index is 12.8. The topological polar surface area (TPSA) is 79.2 Å². The fourth-order valence-corrected chi connectivity index (χ4v) is 1.88. The maximum Gasteiger partial charge on any atom is 0.432 e. The number of rotatable bonds is 5. The van der Waals surface area contributed by atoms with Crippen LogP contribution < -0.4 is 9.47 Å². The minimum Gasteiger partial charge on any atom is -0.481 e. The summed E-state index contributed by atoms with van der Waals surface area (Å²) in [7, 11) is -0.750. The summed E-state index contributed by atoms with van der Waals surface area (Å²) in [4.78, 5) is 0. The van der Waals surface area contributed by atoms with Crippen molar-refractivity contribution in [2.45, 2.75) is 45.1 Å². The van der Waals surface area contributed by atoms with Crippen molar-refractivity contribution in [1.82, 2.24) is 0 Å². The molecule has 5 nitrogen and oxygen atoms in total. The standard InChI is InChI=1S/C19H21F3O3.BH3O2/c1-17(2,23)18(3,4)25-16-11-6-5-10-15(16)24-14-9-7-8-13(12-14)19(20,21)22;2-1-3/h5-12,23H,1-4H3;1-3H. The Hall–Kier alpha value is -2.23. The highest BCUT2D eigenvalue weighted by Crippen LogP contribution is 2.38. The summed E-state index contributed by atoms with van der Waals surface area (Å²) < 4.78 is 50.0. The predicted molar refractivity (Wildman–Crippen MR) is 101 cm³/mol. The summed E-state index contributed by atoms with van der Waals surface area (Å²) in [6.07, 6.45) is -4.45. The van der Waals surface area contributed by atoms with Crippen LogP contribution in [0.15, 0.2) is 48.5 Å². The molecule has 28 heavy (non-hydrogen) atoms. The number of alkyl halides is 3. The van der Waals surface area contributed by atoms with Gasteiger partial charge in [-0.2, -0.15) is 13.2 Å². The molecule has 9 heteroatoms. The van der Waals surface area contributed by atoms with Crippen LogP contribution in [0.25, 0.3) is 0 Å². The lowest BCUT2D eigenvalue weighted by atomic mass is 9.89. The van der Waals surface area contributed by atoms with Gasteiger partial charge in [-0.1, -0.05) is 18.2 Å². The lowest BCUT2D eigenvalue weighted by molar-refractivity contribution is -0.137. The van der Waals surface area contributed by atoms with Crippen LogP contribution in [0.4, 0.5) is 13.2 Å². The molecule has 0 aliphatic carbocycles. The summed E-state index contributed by atoms with van der Waals surface area (Å²) in [6, 6.07) is 11.3. The van der Waals surface area contributed by atoms with E-state index in [2.05, 4.69) is 0 Å². The normalized spacial score (nSPS) is 11.9. The van der Waals surface area contributed by atoms with Gasteiger partial charge in [-0.15, -0.1) is 0 Å². The molecule has 0 bridgehead atoms. The molecular weight excluding hydrogens is 376 g/mol. The average molecular weight is 400 g/mol. The first-order valence-corrected chi connectivity index (χ1v) is 8.39. The van der Waals surface area contributed by atoms with E-state index >= 15 is 0 Å². The molecule has 2 aromatic carbocycles. The van der Waals surface area contributed by atoms with Crippen molar-refractivity contribution < 1.29 is 37.8 Å². The molecule has 0 atom stereocenters. The number of hydrogen-bond donors (Lipinski definition) is 3. The van der Waals surface area contributed by atoms with Gasteiger partial charge in [0.2, 0.25) is 0 Å². The highest BCUT2D eigenvalue weighted by Gasteiger charge is 2.38. The molecular formula is C19H24BF3O5. The Balaban J connectivity index is 0.00000122. The van der Waals surface area contributed by atoms with Gasteiger partial charge in [-0.3, -0.25) is 0 Å². The molecule has 0 aliphatic rings. The number of hydrogen-bond acceptors (Lipinski definition) is 5. The zero-order valence-electron chi connectivity index (χ0n) is 16.1. The molecule has 0 aromatic heterocycles. The molecule has 154 valence electrons. The van der Waals surface area contributed by atoms with E-state index in [-0.39, 0.29) is 11.5 Å². The molecule has 3 N–H and O–H groups in total. The highest BCUT2D eigenvalue weighted by molar-refractivity contribution is 6.13. The molecule has 0 aliphatic heterocycles. The molecule has 0 fully saturated rings. The second-order valence-electron chi connectivity index (χ2n) is 6.89. The molecule has 2 aromatic rings. The first kappa shape index (κ1) is 23.8. The quantitative estimate of drug-likeness (QED) is 0.668. The molecule has 0 unspecified atom stereocenters. The summed E-state index contributed by atoms with van der Waals surface area (Å²) >= 11 is 0. The Morgan fingerprint density at radius 3 is 1.89 bits per heavy atom. The van der Waals surface area contributed by atoms with Crippen molar-refractivity contribution in [1.29, 1.82) is 0 Å². The molecule has 0 saturated carbocycles. The van der Waals surface area contributed by atoms with Crippen LogP contribution in [0.2, 0.25) is 0 Å². The van der Waals surface area contributed by atoms with Gasteiger partial charge < -0.3 is 24.6 Å². The lowest BCUT2D eigenvalue weighted by Gasteiger charge is -2.37.